The molecule has 0 aliphatic heterocycles. The molecule has 0 N–H and O–H groups in total. The molecule has 0 fully saturated rings. The molecule has 0 bridgehead atoms. The van der Waals surface area contributed by atoms with Crippen LogP contribution in [0.25, 0.3) is 17.2 Å². The summed E-state index contributed by atoms with van der Waals surface area (Å²) in [5, 5.41) is 0. The fourth-order valence-electron chi connectivity index (χ4n) is 4.14. The number of alkyl halides is 6. The second kappa shape index (κ2) is 9.11. The fraction of sp³-hybridized carbons (Fsp3) is 0.391. The molecule has 1 aliphatic carbocycles. The van der Waals surface area contributed by atoms with Crippen LogP contribution in [0.15, 0.2) is 35.9 Å². The van der Waals surface area contributed by atoms with Gasteiger partial charge in [0.05, 0.1) is 0 Å². The second-order valence-corrected chi connectivity index (χ2v) is 17.3. The maximum atomic E-state index is 13.5. The molecule has 0 heterocycles. The summed E-state index contributed by atoms with van der Waals surface area (Å²) < 4.78 is 80.9. The summed E-state index contributed by atoms with van der Waals surface area (Å²) in [6, 6.07) is 5.40. The Hall–Kier alpha value is -0.777. The molecule has 1 unspecified atom stereocenters. The van der Waals surface area contributed by atoms with Crippen LogP contribution in [0.1, 0.15) is 65.1 Å². The number of fused-ring (bicyclic) bond motifs is 1. The average molecular weight is 574 g/mol. The van der Waals surface area contributed by atoms with Crippen molar-refractivity contribution in [1.29, 1.82) is 0 Å². The molecule has 0 saturated heterocycles. The Labute approximate surface area is 198 Å². The third-order valence-electron chi connectivity index (χ3n) is 5.65. The van der Waals surface area contributed by atoms with Gasteiger partial charge in [0.15, 0.2) is 0 Å². The van der Waals surface area contributed by atoms with Gasteiger partial charge < -0.3 is 0 Å². The van der Waals surface area contributed by atoms with Gasteiger partial charge in [-0.05, 0) is 0 Å². The second-order valence-electron chi connectivity index (χ2n) is 8.50. The Balaban J connectivity index is 2.41. The fourth-order valence-corrected chi connectivity index (χ4v) is 9.86. The SMILES string of the molecule is CC(C)C1=Cc2c(ccc(C(C)C)c2-c2cc(C(F)(F)F)cc(C(F)(F)F)c2)[CH]1[Zr]([Cl])[Cl]. The van der Waals surface area contributed by atoms with Crippen molar-refractivity contribution in [3.63, 3.8) is 0 Å². The van der Waals surface area contributed by atoms with E-state index < -0.39 is 42.8 Å². The van der Waals surface area contributed by atoms with E-state index in [1.807, 2.05) is 39.8 Å². The molecular formula is C23H21Cl2F6Zr. The van der Waals surface area contributed by atoms with E-state index in [4.69, 9.17) is 17.0 Å². The summed E-state index contributed by atoms with van der Waals surface area (Å²) in [7, 11) is 12.9. The number of benzene rings is 2. The van der Waals surface area contributed by atoms with Crippen molar-refractivity contribution >= 4 is 23.1 Å². The zero-order valence-corrected chi connectivity index (χ0v) is 21.7. The minimum absolute atomic E-state index is 0.0862. The van der Waals surface area contributed by atoms with Crippen molar-refractivity contribution in [1.82, 2.24) is 0 Å². The van der Waals surface area contributed by atoms with Gasteiger partial charge in [0.2, 0.25) is 0 Å². The molecule has 0 radical (unpaired) electrons. The van der Waals surface area contributed by atoms with Crippen molar-refractivity contribution in [2.45, 2.75) is 49.6 Å². The first-order chi connectivity index (χ1) is 14.6. The van der Waals surface area contributed by atoms with Gasteiger partial charge in [-0.2, -0.15) is 0 Å². The monoisotopic (exact) mass is 571 g/mol. The maximum absolute atomic E-state index is 13.5. The Morgan fingerprint density at radius 1 is 0.812 bits per heavy atom. The number of halogens is 8. The molecule has 1 atom stereocenters. The van der Waals surface area contributed by atoms with Gasteiger partial charge in [0.25, 0.3) is 0 Å². The van der Waals surface area contributed by atoms with Gasteiger partial charge in [-0.15, -0.1) is 0 Å². The minimum atomic E-state index is -4.92. The van der Waals surface area contributed by atoms with Gasteiger partial charge >= 0.3 is 199 Å². The van der Waals surface area contributed by atoms with Crippen molar-refractivity contribution in [3.8, 4) is 11.1 Å². The molecule has 3 rings (SSSR count). The van der Waals surface area contributed by atoms with Crippen LogP contribution in [0, 0.1) is 5.92 Å². The predicted octanol–water partition coefficient (Wildman–Crippen LogP) is 9.53. The van der Waals surface area contributed by atoms with Gasteiger partial charge in [0, 0.05) is 0 Å². The number of allylic oxidation sites excluding steroid dienone is 1. The van der Waals surface area contributed by atoms with Crippen LogP contribution in [0.2, 0.25) is 0 Å². The normalized spacial score (nSPS) is 16.6. The Morgan fingerprint density at radius 2 is 1.34 bits per heavy atom. The first-order valence-corrected chi connectivity index (χ1v) is 17.7. The summed E-state index contributed by atoms with van der Waals surface area (Å²) >= 11 is -2.90. The summed E-state index contributed by atoms with van der Waals surface area (Å²) in [5.41, 5.74) is 0.672. The molecule has 0 spiro atoms. The van der Waals surface area contributed by atoms with E-state index >= 15 is 0 Å². The van der Waals surface area contributed by atoms with Crippen LogP contribution >= 0.6 is 17.0 Å². The summed E-state index contributed by atoms with van der Waals surface area (Å²) in [6.07, 6.45) is -7.97. The van der Waals surface area contributed by atoms with Gasteiger partial charge in [-0.25, -0.2) is 0 Å². The topological polar surface area (TPSA) is 0 Å². The standard InChI is InChI=1S/C23H21F6.2ClH.Zr/c1-12(2)15-7-14-5-6-19(13(3)4)21(20(14)10-15)16-8-17(22(24,25)26)11-18(9-16)23(27,28)29;;;/h5-13H,1-4H3;2*1H;/q;;;+2/p-2. The van der Waals surface area contributed by atoms with Crippen LogP contribution in [0.5, 0.6) is 0 Å². The average Bonchev–Trinajstić information content (AvgIpc) is 3.05. The molecule has 1 aliphatic rings. The first kappa shape index (κ1) is 25.8. The van der Waals surface area contributed by atoms with E-state index in [0.717, 1.165) is 23.3 Å². The number of hydrogen-bond donors (Lipinski definition) is 0. The van der Waals surface area contributed by atoms with Crippen molar-refractivity contribution < 1.29 is 45.7 Å². The van der Waals surface area contributed by atoms with E-state index in [-0.39, 0.29) is 27.1 Å². The summed E-state index contributed by atoms with van der Waals surface area (Å²) in [5.74, 6) is -0.0395. The van der Waals surface area contributed by atoms with Gasteiger partial charge in [-0.1, -0.05) is 0 Å². The van der Waals surface area contributed by atoms with Crippen LogP contribution < -0.4 is 0 Å². The number of rotatable bonds is 4. The molecule has 32 heavy (non-hydrogen) atoms. The Bertz CT molecular complexity index is 1020. The molecule has 0 amide bonds. The molecular weight excluding hydrogens is 552 g/mol. The zero-order valence-electron chi connectivity index (χ0n) is 17.7. The molecule has 0 nitrogen and oxygen atoms in total. The molecule has 0 aromatic heterocycles. The van der Waals surface area contributed by atoms with E-state index in [1.54, 1.807) is 6.07 Å². The Kier molecular flexibility index (Phi) is 7.36. The van der Waals surface area contributed by atoms with E-state index in [1.165, 1.54) is 0 Å². The first-order valence-electron chi connectivity index (χ1n) is 9.98. The number of hydrogen-bond acceptors (Lipinski definition) is 0. The van der Waals surface area contributed by atoms with Crippen molar-refractivity contribution in [2.75, 3.05) is 0 Å². The summed E-state index contributed by atoms with van der Waals surface area (Å²) in [6.45, 7) is 7.65. The van der Waals surface area contributed by atoms with Crippen molar-refractivity contribution in [3.05, 3.63) is 63.7 Å². The van der Waals surface area contributed by atoms with Crippen LogP contribution in [-0.2, 0) is 31.7 Å². The van der Waals surface area contributed by atoms with Crippen LogP contribution in [0.3, 0.4) is 0 Å². The Morgan fingerprint density at radius 3 is 1.75 bits per heavy atom. The van der Waals surface area contributed by atoms with E-state index in [0.29, 0.717) is 16.7 Å². The van der Waals surface area contributed by atoms with Crippen molar-refractivity contribution in [2.24, 2.45) is 5.92 Å². The molecule has 0 saturated carbocycles. The third kappa shape index (κ3) is 5.00. The molecule has 9 heteroatoms. The van der Waals surface area contributed by atoms with Gasteiger partial charge in [0.1, 0.15) is 0 Å². The molecule has 2 aromatic rings. The zero-order chi connectivity index (χ0) is 24.2. The van der Waals surface area contributed by atoms with Gasteiger partial charge in [-0.3, -0.25) is 0 Å². The molecule has 173 valence electrons. The van der Waals surface area contributed by atoms with Crippen LogP contribution in [0.4, 0.5) is 26.3 Å². The quantitative estimate of drug-likeness (QED) is 0.320. The molecule has 2 aromatic carbocycles. The van der Waals surface area contributed by atoms with E-state index in [2.05, 4.69) is 0 Å². The van der Waals surface area contributed by atoms with E-state index in [9.17, 15) is 26.3 Å². The summed E-state index contributed by atoms with van der Waals surface area (Å²) in [4.78, 5) is 0. The van der Waals surface area contributed by atoms with Crippen LogP contribution in [-0.4, -0.2) is 0 Å². The third-order valence-corrected chi connectivity index (χ3v) is 10.9. The predicted molar refractivity (Wildman–Crippen MR) is 113 cm³/mol.